The first-order chi connectivity index (χ1) is 26.0. The van der Waals surface area contributed by atoms with Crippen molar-refractivity contribution in [1.82, 2.24) is 0 Å². The molecule has 0 spiro atoms. The van der Waals surface area contributed by atoms with Gasteiger partial charge in [0.05, 0.1) is 65.6 Å². The highest BCUT2D eigenvalue weighted by molar-refractivity contribution is 5.89. The van der Waals surface area contributed by atoms with E-state index in [0.717, 1.165) is 60.8 Å². The molecule has 0 fully saturated rings. The second-order valence-corrected chi connectivity index (χ2v) is 17.4. The Labute approximate surface area is 332 Å². The predicted molar refractivity (Wildman–Crippen MR) is 228 cm³/mol. The molecule has 0 heterocycles. The van der Waals surface area contributed by atoms with Gasteiger partial charge >= 0.3 is 11.9 Å². The van der Waals surface area contributed by atoms with Crippen LogP contribution in [0.25, 0.3) is 0 Å². The largest absolute Gasteiger partial charge is 0.462 e. The lowest BCUT2D eigenvalue weighted by atomic mass is 10.1. The number of carbonyl (C=O) groups is 2. The van der Waals surface area contributed by atoms with E-state index in [-0.39, 0.29) is 11.9 Å². The average molecular weight is 751 g/mol. The van der Waals surface area contributed by atoms with Crippen LogP contribution in [0.5, 0.6) is 0 Å². The molecule has 2 aromatic rings. The Morgan fingerprint density at radius 2 is 0.685 bits per heavy atom. The standard InChI is InChI=1S/C48H82N2O4/c1-7-9-11-13-15-17-19-23-27-39-53-47(51)45-33-29-43(30-34-45)41-49(3,4)37-25-21-22-26-38-50(5,6)42-44-31-35-46(36-32-44)48(52)54-40-28-24-20-18-16-14-12-10-8-2/h29-36H,7-28,37-42H2,1-6H3/q+2. The number of carbonyl (C=O) groups excluding carboxylic acids is 2. The van der Waals surface area contributed by atoms with Gasteiger partial charge in [0.1, 0.15) is 13.1 Å². The van der Waals surface area contributed by atoms with Crippen LogP contribution in [-0.4, -0.2) is 75.4 Å². The van der Waals surface area contributed by atoms with Gasteiger partial charge in [0.2, 0.25) is 0 Å². The molecule has 6 heteroatoms. The topological polar surface area (TPSA) is 52.6 Å². The first-order valence-corrected chi connectivity index (χ1v) is 22.2. The van der Waals surface area contributed by atoms with Crippen LogP contribution in [0, 0.1) is 0 Å². The van der Waals surface area contributed by atoms with E-state index in [4.69, 9.17) is 9.47 Å². The smallest absolute Gasteiger partial charge is 0.338 e. The van der Waals surface area contributed by atoms with Gasteiger partial charge < -0.3 is 18.4 Å². The van der Waals surface area contributed by atoms with Gasteiger partial charge in [-0.05, 0) is 62.8 Å². The third-order valence-corrected chi connectivity index (χ3v) is 10.8. The molecule has 0 atom stereocenters. The zero-order valence-electron chi connectivity index (χ0n) is 35.9. The Kier molecular flexibility index (Phi) is 25.2. The summed E-state index contributed by atoms with van der Waals surface area (Å²) in [5.74, 6) is -0.405. The molecule has 2 aromatic carbocycles. The van der Waals surface area contributed by atoms with E-state index in [1.54, 1.807) is 0 Å². The van der Waals surface area contributed by atoms with Crippen LogP contribution in [0.15, 0.2) is 48.5 Å². The first kappa shape index (κ1) is 47.5. The Balaban J connectivity index is 1.55. The Morgan fingerprint density at radius 1 is 0.407 bits per heavy atom. The molecule has 0 radical (unpaired) electrons. The lowest BCUT2D eigenvalue weighted by Crippen LogP contribution is -2.40. The molecule has 54 heavy (non-hydrogen) atoms. The summed E-state index contributed by atoms with van der Waals surface area (Å²) < 4.78 is 13.0. The van der Waals surface area contributed by atoms with E-state index in [1.165, 1.54) is 127 Å². The van der Waals surface area contributed by atoms with E-state index in [9.17, 15) is 9.59 Å². The van der Waals surface area contributed by atoms with Crippen molar-refractivity contribution in [1.29, 1.82) is 0 Å². The van der Waals surface area contributed by atoms with Gasteiger partial charge in [-0.15, -0.1) is 0 Å². The monoisotopic (exact) mass is 751 g/mol. The highest BCUT2D eigenvalue weighted by Crippen LogP contribution is 2.17. The van der Waals surface area contributed by atoms with Crippen LogP contribution in [0.4, 0.5) is 0 Å². The first-order valence-electron chi connectivity index (χ1n) is 22.2. The third-order valence-electron chi connectivity index (χ3n) is 10.8. The maximum absolute atomic E-state index is 12.5. The molecule has 2 rings (SSSR count). The minimum Gasteiger partial charge on any atom is -0.462 e. The molecular formula is C48H82N2O4+2. The minimum atomic E-state index is -0.203. The molecule has 0 saturated carbocycles. The molecule has 0 aliphatic rings. The number of rotatable bonds is 33. The lowest BCUT2D eigenvalue weighted by Gasteiger charge is -2.31. The van der Waals surface area contributed by atoms with Crippen molar-refractivity contribution in [3.05, 3.63) is 70.8 Å². The predicted octanol–water partition coefficient (Wildman–Crippen LogP) is 12.5. The van der Waals surface area contributed by atoms with E-state index < -0.39 is 0 Å². The maximum atomic E-state index is 12.5. The summed E-state index contributed by atoms with van der Waals surface area (Å²) in [6, 6.07) is 16.1. The second kappa shape index (κ2) is 28.7. The normalized spacial score (nSPS) is 11.9. The van der Waals surface area contributed by atoms with Gasteiger partial charge in [0.15, 0.2) is 0 Å². The molecule has 0 unspecified atom stereocenters. The molecule has 0 amide bonds. The molecule has 0 saturated heterocycles. The minimum absolute atomic E-state index is 0.203. The van der Waals surface area contributed by atoms with Gasteiger partial charge in [0.25, 0.3) is 0 Å². The molecule has 0 aliphatic carbocycles. The number of quaternary nitrogens is 2. The summed E-state index contributed by atoms with van der Waals surface area (Å²) in [6.45, 7) is 9.72. The lowest BCUT2D eigenvalue weighted by molar-refractivity contribution is -0.904. The molecule has 6 nitrogen and oxygen atoms in total. The van der Waals surface area contributed by atoms with Crippen molar-refractivity contribution in [2.24, 2.45) is 0 Å². The van der Waals surface area contributed by atoms with E-state index in [1.807, 2.05) is 24.3 Å². The number of esters is 2. The molecule has 0 bridgehead atoms. The van der Waals surface area contributed by atoms with E-state index >= 15 is 0 Å². The zero-order valence-corrected chi connectivity index (χ0v) is 35.9. The van der Waals surface area contributed by atoms with E-state index in [2.05, 4.69) is 66.3 Å². The van der Waals surface area contributed by atoms with Crippen LogP contribution < -0.4 is 0 Å². The molecule has 306 valence electrons. The highest BCUT2D eigenvalue weighted by Gasteiger charge is 2.18. The SMILES string of the molecule is CCCCCCCCCCCOC(=O)c1ccc(C[N+](C)(C)CCCCCC[N+](C)(C)Cc2ccc(C(=O)OCCCCCCCCCCC)cc2)cc1. The maximum Gasteiger partial charge on any atom is 0.338 e. The van der Waals surface area contributed by atoms with Crippen LogP contribution >= 0.6 is 0 Å². The Hall–Kier alpha value is -2.70. The van der Waals surface area contributed by atoms with Crippen LogP contribution in [0.3, 0.4) is 0 Å². The molecular weight excluding hydrogens is 669 g/mol. The van der Waals surface area contributed by atoms with Crippen LogP contribution in [0.2, 0.25) is 0 Å². The summed E-state index contributed by atoms with van der Waals surface area (Å²) >= 11 is 0. The van der Waals surface area contributed by atoms with E-state index in [0.29, 0.717) is 24.3 Å². The molecule has 0 aliphatic heterocycles. The Morgan fingerprint density at radius 3 is 1.00 bits per heavy atom. The van der Waals surface area contributed by atoms with Gasteiger partial charge in [-0.2, -0.15) is 0 Å². The number of nitrogens with zero attached hydrogens (tertiary/aromatic N) is 2. The van der Waals surface area contributed by atoms with Crippen LogP contribution in [0.1, 0.15) is 187 Å². The summed E-state index contributed by atoms with van der Waals surface area (Å²) in [6.07, 6.45) is 27.6. The fourth-order valence-corrected chi connectivity index (χ4v) is 7.39. The van der Waals surface area contributed by atoms with Gasteiger partial charge in [0, 0.05) is 11.1 Å². The van der Waals surface area contributed by atoms with Crippen molar-refractivity contribution in [2.45, 2.75) is 168 Å². The van der Waals surface area contributed by atoms with Gasteiger partial charge in [-0.25, -0.2) is 9.59 Å². The molecule has 0 N–H and O–H groups in total. The summed E-state index contributed by atoms with van der Waals surface area (Å²) in [7, 11) is 9.21. The fourth-order valence-electron chi connectivity index (χ4n) is 7.39. The van der Waals surface area contributed by atoms with Crippen molar-refractivity contribution in [3.8, 4) is 0 Å². The summed E-state index contributed by atoms with van der Waals surface area (Å²) in [5, 5.41) is 0. The number of hydrogen-bond acceptors (Lipinski definition) is 4. The third kappa shape index (κ3) is 23.3. The summed E-state index contributed by atoms with van der Waals surface area (Å²) in [5.41, 5.74) is 3.82. The highest BCUT2D eigenvalue weighted by atomic mass is 16.5. The quantitative estimate of drug-likeness (QED) is 0.0414. The van der Waals surface area contributed by atoms with Crippen LogP contribution in [-0.2, 0) is 22.6 Å². The second-order valence-electron chi connectivity index (χ2n) is 17.4. The number of hydrogen-bond donors (Lipinski definition) is 0. The fraction of sp³-hybridized carbons (Fsp3) is 0.708. The number of unbranched alkanes of at least 4 members (excludes halogenated alkanes) is 19. The molecule has 0 aromatic heterocycles. The average Bonchev–Trinajstić information content (AvgIpc) is 3.14. The summed E-state index contributed by atoms with van der Waals surface area (Å²) in [4.78, 5) is 25.1. The number of ether oxygens (including phenoxy) is 2. The zero-order chi connectivity index (χ0) is 39.3. The van der Waals surface area contributed by atoms with Gasteiger partial charge in [-0.3, -0.25) is 0 Å². The van der Waals surface area contributed by atoms with Crippen molar-refractivity contribution >= 4 is 11.9 Å². The van der Waals surface area contributed by atoms with Crippen molar-refractivity contribution < 1.29 is 28.0 Å². The van der Waals surface area contributed by atoms with Crippen molar-refractivity contribution in [3.63, 3.8) is 0 Å². The van der Waals surface area contributed by atoms with Crippen molar-refractivity contribution in [2.75, 3.05) is 54.5 Å². The Bertz CT molecular complexity index is 1140. The number of benzene rings is 2. The van der Waals surface area contributed by atoms with Gasteiger partial charge in [-0.1, -0.05) is 141 Å².